The molecule has 30 heavy (non-hydrogen) atoms. The molecular weight excluding hydrogens is 381 g/mol. The number of imidazole rings is 1. The monoisotopic (exact) mass is 413 g/mol. The molecule has 1 aromatic carbocycles. The zero-order chi connectivity index (χ0) is 21.5. The summed E-state index contributed by atoms with van der Waals surface area (Å²) in [4.78, 5) is 16.8. The summed E-state index contributed by atoms with van der Waals surface area (Å²) in [5, 5.41) is 0. The maximum atomic E-state index is 13.8. The van der Waals surface area contributed by atoms with Crippen LogP contribution >= 0.6 is 0 Å². The van der Waals surface area contributed by atoms with E-state index in [4.69, 9.17) is 4.74 Å². The Kier molecular flexibility index (Phi) is 7.76. The van der Waals surface area contributed by atoms with Gasteiger partial charge in [-0.3, -0.25) is 0 Å². The summed E-state index contributed by atoms with van der Waals surface area (Å²) < 4.78 is 19.6. The number of rotatable bonds is 11. The molecule has 7 heteroatoms. The average Bonchev–Trinajstić information content (AvgIpc) is 3.18. The molecule has 0 amide bonds. The fourth-order valence-electron chi connectivity index (χ4n) is 3.34. The Bertz CT molecular complexity index is 956. The summed E-state index contributed by atoms with van der Waals surface area (Å²) in [6.45, 7) is 8.89. The Morgan fingerprint density at radius 1 is 1.10 bits per heavy atom. The lowest BCUT2D eigenvalue weighted by molar-refractivity contribution is 0.234. The largest absolute Gasteiger partial charge is 0.478 e. The molecular formula is C23H32FN5O. The molecule has 0 aliphatic heterocycles. The predicted molar refractivity (Wildman–Crippen MR) is 119 cm³/mol. The number of hydrogen-bond acceptors (Lipinski definition) is 5. The molecule has 0 bridgehead atoms. The maximum absolute atomic E-state index is 13.8. The molecule has 0 aliphatic carbocycles. The Morgan fingerprint density at radius 3 is 2.70 bits per heavy atom. The molecule has 0 radical (unpaired) electrons. The van der Waals surface area contributed by atoms with Crippen molar-refractivity contribution in [2.75, 3.05) is 46.9 Å². The summed E-state index contributed by atoms with van der Waals surface area (Å²) >= 11 is 0. The second kappa shape index (κ2) is 10.5. The van der Waals surface area contributed by atoms with Crippen molar-refractivity contribution in [3.05, 3.63) is 41.8 Å². The van der Waals surface area contributed by atoms with Gasteiger partial charge in [-0.15, -0.1) is 0 Å². The smallest absolute Gasteiger partial charge is 0.213 e. The lowest BCUT2D eigenvalue weighted by Gasteiger charge is -2.22. The summed E-state index contributed by atoms with van der Waals surface area (Å²) in [5.74, 6) is 1.02. The Hall–Kier alpha value is -2.51. The van der Waals surface area contributed by atoms with E-state index in [2.05, 4.69) is 45.8 Å². The van der Waals surface area contributed by atoms with Crippen molar-refractivity contribution in [2.24, 2.45) is 0 Å². The Labute approximate surface area is 178 Å². The summed E-state index contributed by atoms with van der Waals surface area (Å²) in [5.41, 5.74) is 2.89. The van der Waals surface area contributed by atoms with Gasteiger partial charge in [0.2, 0.25) is 5.88 Å². The molecule has 2 heterocycles. The average molecular weight is 414 g/mol. The highest BCUT2D eigenvalue weighted by atomic mass is 19.1. The highest BCUT2D eigenvalue weighted by molar-refractivity contribution is 5.82. The summed E-state index contributed by atoms with van der Waals surface area (Å²) in [6.07, 6.45) is 3.79. The quantitative estimate of drug-likeness (QED) is 0.479. The van der Waals surface area contributed by atoms with Crippen molar-refractivity contribution in [1.29, 1.82) is 0 Å². The van der Waals surface area contributed by atoms with Crippen LogP contribution in [-0.2, 0) is 0 Å². The molecule has 2 aromatic heterocycles. The standard InChI is InChI=1S/C23H32FN5O/c1-5-29(14-13-28(3)4)12-6-7-15-30-21-16-18(10-11-25-21)23-26-20-9-8-19(24)17(2)22(20)27-23/h8-11,16H,5-7,12-15H2,1-4H3,(H,26,27). The van der Waals surface area contributed by atoms with E-state index in [1.165, 1.54) is 6.07 Å². The molecule has 162 valence electrons. The number of halogens is 1. The molecule has 0 atom stereocenters. The number of aryl methyl sites for hydroxylation is 1. The zero-order valence-corrected chi connectivity index (χ0v) is 18.4. The number of fused-ring (bicyclic) bond motifs is 1. The highest BCUT2D eigenvalue weighted by Crippen LogP contribution is 2.25. The number of nitrogens with zero attached hydrogens (tertiary/aromatic N) is 4. The van der Waals surface area contributed by atoms with Gasteiger partial charge in [0.15, 0.2) is 0 Å². The zero-order valence-electron chi connectivity index (χ0n) is 18.4. The van der Waals surface area contributed by atoms with Gasteiger partial charge in [0, 0.05) is 36.5 Å². The SMILES string of the molecule is CCN(CCCCOc1cc(-c2nc3c(C)c(F)ccc3[nH]2)ccn1)CCN(C)C. The Balaban J connectivity index is 1.53. The number of H-pyrrole nitrogens is 1. The first-order valence-corrected chi connectivity index (χ1v) is 10.6. The first-order valence-electron chi connectivity index (χ1n) is 10.6. The lowest BCUT2D eigenvalue weighted by Crippen LogP contribution is -2.32. The van der Waals surface area contributed by atoms with Crippen LogP contribution in [0.3, 0.4) is 0 Å². The second-order valence-electron chi connectivity index (χ2n) is 7.83. The van der Waals surface area contributed by atoms with Gasteiger partial charge < -0.3 is 19.5 Å². The van der Waals surface area contributed by atoms with Crippen LogP contribution in [0.1, 0.15) is 25.3 Å². The van der Waals surface area contributed by atoms with Crippen LogP contribution in [0.25, 0.3) is 22.4 Å². The number of aromatic nitrogens is 3. The van der Waals surface area contributed by atoms with Crippen LogP contribution in [0.15, 0.2) is 30.5 Å². The van der Waals surface area contributed by atoms with Crippen LogP contribution in [-0.4, -0.2) is 71.6 Å². The second-order valence-corrected chi connectivity index (χ2v) is 7.83. The van der Waals surface area contributed by atoms with E-state index in [0.717, 1.165) is 50.1 Å². The highest BCUT2D eigenvalue weighted by Gasteiger charge is 2.11. The number of pyridine rings is 1. The van der Waals surface area contributed by atoms with Gasteiger partial charge in [-0.25, -0.2) is 14.4 Å². The van der Waals surface area contributed by atoms with Crippen molar-refractivity contribution in [3.63, 3.8) is 0 Å². The minimum absolute atomic E-state index is 0.248. The number of hydrogen-bond donors (Lipinski definition) is 1. The fourth-order valence-corrected chi connectivity index (χ4v) is 3.34. The first-order chi connectivity index (χ1) is 14.5. The minimum Gasteiger partial charge on any atom is -0.478 e. The third kappa shape index (κ3) is 5.77. The topological polar surface area (TPSA) is 57.3 Å². The molecule has 0 spiro atoms. The van der Waals surface area contributed by atoms with Gasteiger partial charge in [-0.05, 0) is 65.1 Å². The molecule has 3 aromatic rings. The van der Waals surface area contributed by atoms with E-state index in [1.807, 2.05) is 12.1 Å². The Morgan fingerprint density at radius 2 is 1.93 bits per heavy atom. The van der Waals surface area contributed by atoms with E-state index in [9.17, 15) is 4.39 Å². The predicted octanol–water partition coefficient (Wildman–Crippen LogP) is 4.11. The van der Waals surface area contributed by atoms with Crippen LogP contribution in [0, 0.1) is 12.7 Å². The van der Waals surface area contributed by atoms with Gasteiger partial charge in [0.25, 0.3) is 0 Å². The number of ether oxygens (including phenoxy) is 1. The molecule has 6 nitrogen and oxygen atoms in total. The van der Waals surface area contributed by atoms with Crippen molar-refractivity contribution >= 4 is 11.0 Å². The number of aromatic amines is 1. The molecule has 0 saturated heterocycles. The normalized spacial score (nSPS) is 11.7. The van der Waals surface area contributed by atoms with Crippen LogP contribution in [0.4, 0.5) is 4.39 Å². The number of unbranched alkanes of at least 4 members (excludes halogenated alkanes) is 1. The van der Waals surface area contributed by atoms with Gasteiger partial charge in [-0.1, -0.05) is 6.92 Å². The lowest BCUT2D eigenvalue weighted by atomic mass is 10.2. The van der Waals surface area contributed by atoms with E-state index in [0.29, 0.717) is 29.4 Å². The minimum atomic E-state index is -0.248. The van der Waals surface area contributed by atoms with E-state index < -0.39 is 0 Å². The van der Waals surface area contributed by atoms with Gasteiger partial charge in [0.1, 0.15) is 11.6 Å². The molecule has 0 fully saturated rings. The van der Waals surface area contributed by atoms with Crippen LogP contribution < -0.4 is 4.74 Å². The first kappa shape index (κ1) is 22.2. The van der Waals surface area contributed by atoms with Crippen molar-refractivity contribution in [2.45, 2.75) is 26.7 Å². The van der Waals surface area contributed by atoms with Gasteiger partial charge in [-0.2, -0.15) is 0 Å². The summed E-state index contributed by atoms with van der Waals surface area (Å²) in [7, 11) is 4.21. The fraction of sp³-hybridized carbons (Fsp3) is 0.478. The molecule has 3 rings (SSSR count). The maximum Gasteiger partial charge on any atom is 0.213 e. The van der Waals surface area contributed by atoms with Crippen molar-refractivity contribution in [1.82, 2.24) is 24.8 Å². The summed E-state index contributed by atoms with van der Waals surface area (Å²) in [6, 6.07) is 6.92. The molecule has 0 aliphatic rings. The molecule has 0 saturated carbocycles. The van der Waals surface area contributed by atoms with E-state index >= 15 is 0 Å². The van der Waals surface area contributed by atoms with Gasteiger partial charge >= 0.3 is 0 Å². The molecule has 0 unspecified atom stereocenters. The number of nitrogens with one attached hydrogen (secondary N) is 1. The van der Waals surface area contributed by atoms with Crippen molar-refractivity contribution < 1.29 is 9.13 Å². The van der Waals surface area contributed by atoms with Crippen LogP contribution in [0.5, 0.6) is 5.88 Å². The third-order valence-corrected chi connectivity index (χ3v) is 5.28. The van der Waals surface area contributed by atoms with Crippen molar-refractivity contribution in [3.8, 4) is 17.3 Å². The third-order valence-electron chi connectivity index (χ3n) is 5.28. The number of benzene rings is 1. The van der Waals surface area contributed by atoms with E-state index in [-0.39, 0.29) is 5.82 Å². The van der Waals surface area contributed by atoms with Crippen LogP contribution in [0.2, 0.25) is 0 Å². The van der Waals surface area contributed by atoms with Gasteiger partial charge in [0.05, 0.1) is 17.6 Å². The molecule has 1 N–H and O–H groups in total. The van der Waals surface area contributed by atoms with E-state index in [1.54, 1.807) is 19.2 Å². The number of likely N-dealkylation sites (N-methyl/N-ethyl adjacent to an activating group) is 2.